The van der Waals surface area contributed by atoms with Crippen LogP contribution in [0.15, 0.2) is 29.0 Å². The van der Waals surface area contributed by atoms with Gasteiger partial charge in [0.2, 0.25) is 6.41 Å². The first-order valence-electron chi connectivity index (χ1n) is 8.06. The van der Waals surface area contributed by atoms with Gasteiger partial charge in [-0.25, -0.2) is 0 Å². The van der Waals surface area contributed by atoms with Gasteiger partial charge >= 0.3 is 5.97 Å². The van der Waals surface area contributed by atoms with Gasteiger partial charge in [-0.2, -0.15) is 0 Å². The van der Waals surface area contributed by atoms with Gasteiger partial charge in [-0.3, -0.25) is 19.4 Å². The molecule has 0 saturated heterocycles. The molecule has 2 aliphatic heterocycles. The molecule has 2 N–H and O–H groups in total. The maximum absolute atomic E-state index is 12.5. The molecule has 25 heavy (non-hydrogen) atoms. The summed E-state index contributed by atoms with van der Waals surface area (Å²) in [6.45, 7) is 4.84. The number of nitrogens with zero attached hydrogens (tertiary/aromatic N) is 2. The number of carbonyl (C=O) groups is 3. The standard InChI is InChI=1S/C18H19N3O4/c1-10(2)8-21-12-4-3-11(5-15(24)25)18(20-9-22)17(12)16-13(21)6-19-7-14(16)23/h3-4,6-7,9-10,16H,5,8H2,1-2H3,(H,20,22)(H,24,25). The Kier molecular flexibility index (Phi) is 4.39. The Bertz CT molecular complexity index is 811. The zero-order valence-electron chi connectivity index (χ0n) is 14.0. The van der Waals surface area contributed by atoms with Crippen LogP contribution in [-0.2, 0) is 20.8 Å². The monoisotopic (exact) mass is 341 g/mol. The third-order valence-electron chi connectivity index (χ3n) is 4.28. The summed E-state index contributed by atoms with van der Waals surface area (Å²) < 4.78 is 0. The van der Waals surface area contributed by atoms with Crippen LogP contribution in [-0.4, -0.2) is 36.0 Å². The number of benzene rings is 1. The van der Waals surface area contributed by atoms with Crippen LogP contribution >= 0.6 is 0 Å². The molecule has 0 bridgehead atoms. The quantitative estimate of drug-likeness (QED) is 0.770. The fourth-order valence-electron chi connectivity index (χ4n) is 3.43. The first-order chi connectivity index (χ1) is 11.9. The molecule has 0 aromatic heterocycles. The Balaban J connectivity index is 2.21. The van der Waals surface area contributed by atoms with E-state index in [1.165, 1.54) is 6.21 Å². The van der Waals surface area contributed by atoms with E-state index in [-0.39, 0.29) is 12.2 Å². The van der Waals surface area contributed by atoms with E-state index in [9.17, 15) is 14.4 Å². The summed E-state index contributed by atoms with van der Waals surface area (Å²) in [5.41, 5.74) is 3.09. The van der Waals surface area contributed by atoms with Crippen LogP contribution < -0.4 is 10.2 Å². The van der Waals surface area contributed by atoms with E-state index in [0.717, 1.165) is 11.4 Å². The van der Waals surface area contributed by atoms with Gasteiger partial charge in [-0.15, -0.1) is 0 Å². The van der Waals surface area contributed by atoms with E-state index in [0.29, 0.717) is 35.7 Å². The lowest BCUT2D eigenvalue weighted by atomic mass is 9.90. The van der Waals surface area contributed by atoms with Crippen LogP contribution in [0.2, 0.25) is 0 Å². The molecule has 0 fully saturated rings. The van der Waals surface area contributed by atoms with Crippen molar-refractivity contribution in [1.29, 1.82) is 0 Å². The fourth-order valence-corrected chi connectivity index (χ4v) is 3.43. The van der Waals surface area contributed by atoms with Crippen LogP contribution in [0.1, 0.15) is 30.9 Å². The number of carbonyl (C=O) groups excluding carboxylic acids is 2. The Labute approximate surface area is 145 Å². The molecule has 0 saturated carbocycles. The summed E-state index contributed by atoms with van der Waals surface area (Å²) in [5.74, 6) is -1.40. The molecule has 0 aliphatic carbocycles. The zero-order valence-corrected chi connectivity index (χ0v) is 14.0. The second-order valence-electron chi connectivity index (χ2n) is 6.54. The molecule has 1 aromatic rings. The van der Waals surface area contributed by atoms with E-state index in [4.69, 9.17) is 5.11 Å². The lowest BCUT2D eigenvalue weighted by Gasteiger charge is -2.25. The van der Waals surface area contributed by atoms with Gasteiger partial charge < -0.3 is 15.3 Å². The van der Waals surface area contributed by atoms with Crippen molar-refractivity contribution in [2.45, 2.75) is 26.2 Å². The number of hydrogen-bond donors (Lipinski definition) is 2. The third-order valence-corrected chi connectivity index (χ3v) is 4.28. The van der Waals surface area contributed by atoms with Gasteiger partial charge in [-0.1, -0.05) is 19.9 Å². The van der Waals surface area contributed by atoms with Gasteiger partial charge in [0.05, 0.1) is 29.9 Å². The molecule has 7 nitrogen and oxygen atoms in total. The highest BCUT2D eigenvalue weighted by molar-refractivity contribution is 6.33. The first kappa shape index (κ1) is 16.9. The topological polar surface area (TPSA) is 99.1 Å². The normalized spacial score (nSPS) is 18.0. The highest BCUT2D eigenvalue weighted by atomic mass is 16.4. The van der Waals surface area contributed by atoms with Crippen LogP contribution in [0.25, 0.3) is 0 Å². The average Bonchev–Trinajstić information content (AvgIpc) is 2.84. The van der Waals surface area contributed by atoms with Crippen molar-refractivity contribution in [1.82, 2.24) is 0 Å². The molecule has 3 rings (SSSR count). The van der Waals surface area contributed by atoms with Crippen LogP contribution in [0.5, 0.6) is 0 Å². The number of nitrogens with one attached hydrogen (secondary N) is 1. The van der Waals surface area contributed by atoms with Gasteiger partial charge in [0.15, 0.2) is 5.78 Å². The summed E-state index contributed by atoms with van der Waals surface area (Å²) in [6.07, 6.45) is 3.21. The number of hydrogen-bond acceptors (Lipinski definition) is 5. The minimum Gasteiger partial charge on any atom is -0.481 e. The van der Waals surface area contributed by atoms with Crippen molar-refractivity contribution in [3.05, 3.63) is 35.2 Å². The van der Waals surface area contributed by atoms with Gasteiger partial charge in [0, 0.05) is 24.0 Å². The molecule has 1 atom stereocenters. The van der Waals surface area contributed by atoms with E-state index >= 15 is 0 Å². The van der Waals surface area contributed by atoms with Crippen LogP contribution in [0.3, 0.4) is 0 Å². The molecule has 1 unspecified atom stereocenters. The zero-order chi connectivity index (χ0) is 18.1. The molecule has 1 aromatic carbocycles. The number of carboxylic acids is 1. The molecular formula is C18H19N3O4. The summed E-state index contributed by atoms with van der Waals surface area (Å²) in [4.78, 5) is 40.8. The van der Waals surface area contributed by atoms with Crippen molar-refractivity contribution in [2.75, 3.05) is 16.8 Å². The van der Waals surface area contributed by atoms with Crippen molar-refractivity contribution in [3.8, 4) is 0 Å². The Morgan fingerprint density at radius 3 is 2.84 bits per heavy atom. The summed E-state index contributed by atoms with van der Waals surface area (Å²) in [7, 11) is 0. The summed E-state index contributed by atoms with van der Waals surface area (Å²) >= 11 is 0. The predicted octanol–water partition coefficient (Wildman–Crippen LogP) is 1.94. The van der Waals surface area contributed by atoms with Crippen LogP contribution in [0.4, 0.5) is 11.4 Å². The molecule has 2 aliphatic rings. The SMILES string of the molecule is CC(C)CN1C2=CN=CC(=O)C2c2c1ccc(CC(=O)O)c2NC=O. The summed E-state index contributed by atoms with van der Waals surface area (Å²) in [5, 5.41) is 11.8. The number of anilines is 2. The fraction of sp³-hybridized carbons (Fsp3) is 0.333. The summed E-state index contributed by atoms with van der Waals surface area (Å²) in [6, 6.07) is 3.51. The number of aliphatic carboxylic acids is 1. The molecule has 0 spiro atoms. The van der Waals surface area contributed by atoms with E-state index < -0.39 is 11.9 Å². The van der Waals surface area contributed by atoms with Crippen molar-refractivity contribution in [3.63, 3.8) is 0 Å². The predicted molar refractivity (Wildman–Crippen MR) is 94.0 cm³/mol. The average molecular weight is 341 g/mol. The maximum Gasteiger partial charge on any atom is 0.307 e. The number of aliphatic imine (C=N–C) groups is 1. The second kappa shape index (κ2) is 6.51. The molecule has 7 heteroatoms. The number of ketones is 1. The van der Waals surface area contributed by atoms with Crippen molar-refractivity contribution < 1.29 is 19.5 Å². The number of rotatable bonds is 6. The molecule has 0 radical (unpaired) electrons. The molecule has 130 valence electrons. The van der Waals surface area contributed by atoms with Gasteiger partial charge in [0.1, 0.15) is 0 Å². The highest BCUT2D eigenvalue weighted by Crippen LogP contribution is 2.49. The largest absolute Gasteiger partial charge is 0.481 e. The Morgan fingerprint density at radius 2 is 2.20 bits per heavy atom. The minimum absolute atomic E-state index is 0.175. The minimum atomic E-state index is -1.00. The van der Waals surface area contributed by atoms with Crippen LogP contribution in [0, 0.1) is 5.92 Å². The lowest BCUT2D eigenvalue weighted by molar-refractivity contribution is -0.136. The van der Waals surface area contributed by atoms with Crippen molar-refractivity contribution >= 4 is 35.8 Å². The second-order valence-corrected chi connectivity index (χ2v) is 6.54. The highest BCUT2D eigenvalue weighted by Gasteiger charge is 2.41. The Morgan fingerprint density at radius 1 is 1.44 bits per heavy atom. The number of allylic oxidation sites excluding steroid dienone is 1. The van der Waals surface area contributed by atoms with E-state index in [2.05, 4.69) is 24.2 Å². The number of carboxylic acid groups (broad SMARTS) is 1. The van der Waals surface area contributed by atoms with Gasteiger partial charge in [-0.05, 0) is 17.5 Å². The third kappa shape index (κ3) is 2.93. The molecule has 1 amide bonds. The lowest BCUT2D eigenvalue weighted by Crippen LogP contribution is -2.28. The van der Waals surface area contributed by atoms with Crippen molar-refractivity contribution in [2.24, 2.45) is 10.9 Å². The van der Waals surface area contributed by atoms with E-state index in [1.807, 2.05) is 11.0 Å². The molecular weight excluding hydrogens is 322 g/mol. The maximum atomic E-state index is 12.5. The number of amides is 1. The Hall–Kier alpha value is -2.96. The smallest absolute Gasteiger partial charge is 0.307 e. The number of Topliss-reactive ketones (excluding diaryl/α,β-unsaturated/α-hetero) is 1. The van der Waals surface area contributed by atoms with Gasteiger partial charge in [0.25, 0.3) is 0 Å². The molecule has 2 heterocycles. The first-order valence-corrected chi connectivity index (χ1v) is 8.06. The number of fused-ring (bicyclic) bond motifs is 3. The van der Waals surface area contributed by atoms with E-state index in [1.54, 1.807) is 12.3 Å².